The van der Waals surface area contributed by atoms with Crippen LogP contribution in [0.5, 0.6) is 0 Å². The Morgan fingerprint density at radius 2 is 1.46 bits per heavy atom. The number of carbonyl (C=O) groups is 2. The van der Waals surface area contributed by atoms with Crippen molar-refractivity contribution in [3.05, 3.63) is 175 Å². The van der Waals surface area contributed by atoms with Crippen LogP contribution in [0.1, 0.15) is 50.3 Å². The molecular weight excluding hydrogens is 705 g/mol. The quantitative estimate of drug-likeness (QED) is 0.0318. The largest absolute Gasteiger partial charge is 0.481 e. The molecule has 0 spiro atoms. The van der Waals surface area contributed by atoms with Gasteiger partial charge in [-0.25, -0.2) is 0 Å². The van der Waals surface area contributed by atoms with Gasteiger partial charge < -0.3 is 14.7 Å². The predicted octanol–water partition coefficient (Wildman–Crippen LogP) is 11.0. The van der Waals surface area contributed by atoms with E-state index in [0.29, 0.717) is 26.0 Å². The maximum absolute atomic E-state index is 12.2. The summed E-state index contributed by atoms with van der Waals surface area (Å²) in [5.41, 5.74) is 7.93. The third-order valence-electron chi connectivity index (χ3n) is 11.9. The number of aliphatic carboxylic acids is 1. The van der Waals surface area contributed by atoms with Crippen LogP contribution in [0, 0.1) is 0 Å². The molecule has 57 heavy (non-hydrogen) atoms. The molecule has 0 fully saturated rings. The number of anilines is 1. The van der Waals surface area contributed by atoms with Gasteiger partial charge in [-0.1, -0.05) is 129 Å². The van der Waals surface area contributed by atoms with Gasteiger partial charge in [0.25, 0.3) is 6.47 Å². The van der Waals surface area contributed by atoms with Crippen molar-refractivity contribution >= 4 is 67.4 Å². The van der Waals surface area contributed by atoms with Gasteiger partial charge in [-0.05, 0) is 81.3 Å². The Kier molecular flexibility index (Phi) is 9.97. The van der Waals surface area contributed by atoms with E-state index in [1.807, 2.05) is 24.3 Å². The molecule has 0 bridgehead atoms. The molecule has 1 N–H and O–H groups in total. The molecule has 0 radical (unpaired) electrons. The van der Waals surface area contributed by atoms with Crippen LogP contribution in [0.3, 0.4) is 0 Å². The molecule has 8 rings (SSSR count). The molecule has 6 aromatic carbocycles. The third-order valence-corrected chi connectivity index (χ3v) is 11.9. The maximum Gasteiger partial charge on any atom is 0.309 e. The Bertz CT molecular complexity index is 2700. The number of carbonyl (C=O) groups excluding carboxylic acids is 1. The highest BCUT2D eigenvalue weighted by Crippen LogP contribution is 2.52. The molecule has 0 amide bonds. The fourth-order valence-electron chi connectivity index (χ4n) is 9.40. The molecule has 0 aliphatic carbocycles. The lowest BCUT2D eigenvalue weighted by Crippen LogP contribution is -2.31. The number of carboxylic acids is 1. The molecule has 2 heterocycles. The fraction of sp³-hybridized carbons (Fsp3) is 0.196. The van der Waals surface area contributed by atoms with E-state index < -0.39 is 11.4 Å². The third kappa shape index (κ3) is 6.45. The van der Waals surface area contributed by atoms with Gasteiger partial charge in [0.15, 0.2) is 12.3 Å². The van der Waals surface area contributed by atoms with Crippen LogP contribution in [0.4, 0.5) is 11.4 Å². The number of hydrogen-bond acceptors (Lipinski definition) is 4. The summed E-state index contributed by atoms with van der Waals surface area (Å²) in [5, 5.41) is 17.0. The van der Waals surface area contributed by atoms with Crippen molar-refractivity contribution in [1.29, 1.82) is 0 Å². The van der Waals surface area contributed by atoms with Crippen molar-refractivity contribution in [3.8, 4) is 0 Å². The molecule has 0 saturated carbocycles. The summed E-state index contributed by atoms with van der Waals surface area (Å²) in [7, 11) is 0. The number of allylic oxidation sites excluding steroid dienone is 7. The molecular formula is C51H47N2O4+. The molecule has 6 aromatic rings. The Hall–Kier alpha value is -6.53. The van der Waals surface area contributed by atoms with Gasteiger partial charge >= 0.3 is 5.97 Å². The van der Waals surface area contributed by atoms with Gasteiger partial charge in [-0.2, -0.15) is 4.58 Å². The Morgan fingerprint density at radius 3 is 2.16 bits per heavy atom. The number of benzene rings is 6. The summed E-state index contributed by atoms with van der Waals surface area (Å²) >= 11 is 0. The first-order chi connectivity index (χ1) is 27.7. The van der Waals surface area contributed by atoms with Crippen LogP contribution in [0.2, 0.25) is 0 Å². The van der Waals surface area contributed by atoms with Crippen LogP contribution in [-0.2, 0) is 25.2 Å². The highest BCUT2D eigenvalue weighted by atomic mass is 16.5. The lowest BCUT2D eigenvalue weighted by Gasteiger charge is -2.27. The number of ether oxygens (including phenoxy) is 1. The Morgan fingerprint density at radius 1 is 0.807 bits per heavy atom. The minimum atomic E-state index is -0.838. The summed E-state index contributed by atoms with van der Waals surface area (Å²) in [5.74, 6) is -0.838. The molecule has 6 heteroatoms. The number of rotatable bonds is 13. The van der Waals surface area contributed by atoms with Crippen molar-refractivity contribution in [3.63, 3.8) is 0 Å². The SMILES string of the molecule is C=CCC1(C)C(/C=C/C(=C/C=C2\N(CCOC=O)c3ccc4ccccc4c3C2(C)C)c2ccccc2)=[N+](CCC(=O)O)c2c1c1ccccc1c1ccccc21. The lowest BCUT2D eigenvalue weighted by molar-refractivity contribution is -0.435. The molecule has 1 unspecified atom stereocenters. The van der Waals surface area contributed by atoms with E-state index in [0.717, 1.165) is 50.1 Å². The first-order valence-electron chi connectivity index (χ1n) is 19.6. The Labute approximate surface area is 334 Å². The van der Waals surface area contributed by atoms with Crippen LogP contribution in [0.15, 0.2) is 158 Å². The first-order valence-corrected chi connectivity index (χ1v) is 19.6. The number of nitrogens with zero attached hydrogens (tertiary/aromatic N) is 2. The number of hydrogen-bond donors (Lipinski definition) is 1. The van der Waals surface area contributed by atoms with Crippen molar-refractivity contribution in [2.45, 2.75) is 44.4 Å². The van der Waals surface area contributed by atoms with Crippen molar-refractivity contribution < 1.29 is 24.0 Å². The van der Waals surface area contributed by atoms with E-state index in [1.54, 1.807) is 0 Å². The summed E-state index contributed by atoms with van der Waals surface area (Å²) in [6.07, 6.45) is 11.4. The molecule has 6 nitrogen and oxygen atoms in total. The molecule has 1 atom stereocenters. The highest BCUT2D eigenvalue weighted by Gasteiger charge is 2.49. The standard InChI is InChI=1S/C51H46N2O4/c1-5-30-51(4)45(53(31-29-46(55)56)49-42-22-14-12-20-40(42)39-19-11-13-21-41(39)48(49)51)28-25-36(35-15-7-6-8-16-35)24-27-44-50(2,3)47-38-18-10-9-17-37(38)23-26-43(47)52(44)32-33-57-34-54/h5-28,34H,1,29-33H2,2-4H3/p+1. The van der Waals surface area contributed by atoms with Crippen LogP contribution in [-0.4, -0.2) is 47.5 Å². The van der Waals surface area contributed by atoms with E-state index in [9.17, 15) is 14.7 Å². The smallest absolute Gasteiger partial charge is 0.309 e. The summed E-state index contributed by atoms with van der Waals surface area (Å²) in [4.78, 5) is 25.7. The van der Waals surface area contributed by atoms with Crippen molar-refractivity contribution in [2.24, 2.45) is 0 Å². The zero-order valence-electron chi connectivity index (χ0n) is 32.7. The van der Waals surface area contributed by atoms with Gasteiger partial charge in [0.1, 0.15) is 13.0 Å². The summed E-state index contributed by atoms with van der Waals surface area (Å²) < 4.78 is 7.49. The van der Waals surface area contributed by atoms with Gasteiger partial charge in [0.05, 0.1) is 17.3 Å². The average Bonchev–Trinajstić information content (AvgIpc) is 3.60. The molecule has 0 aromatic heterocycles. The van der Waals surface area contributed by atoms with Crippen LogP contribution in [0.25, 0.3) is 37.9 Å². The van der Waals surface area contributed by atoms with E-state index in [-0.39, 0.29) is 18.4 Å². The van der Waals surface area contributed by atoms with E-state index in [2.05, 4.69) is 158 Å². The Balaban J connectivity index is 1.33. The summed E-state index contributed by atoms with van der Waals surface area (Å²) in [6, 6.07) is 40.2. The van der Waals surface area contributed by atoms with Gasteiger partial charge in [0, 0.05) is 28.4 Å². The molecule has 2 aliphatic heterocycles. The zero-order chi connectivity index (χ0) is 39.7. The summed E-state index contributed by atoms with van der Waals surface area (Å²) in [6.45, 7) is 12.6. The van der Waals surface area contributed by atoms with Crippen molar-refractivity contribution in [2.75, 3.05) is 24.6 Å². The maximum atomic E-state index is 12.2. The molecule has 0 saturated heterocycles. The minimum Gasteiger partial charge on any atom is -0.481 e. The van der Waals surface area contributed by atoms with Crippen LogP contribution >= 0.6 is 0 Å². The van der Waals surface area contributed by atoms with Gasteiger partial charge in [-0.3, -0.25) is 9.59 Å². The highest BCUT2D eigenvalue weighted by molar-refractivity contribution is 6.19. The average molecular weight is 752 g/mol. The van der Waals surface area contributed by atoms with E-state index >= 15 is 0 Å². The molecule has 284 valence electrons. The fourth-order valence-corrected chi connectivity index (χ4v) is 9.40. The zero-order valence-corrected chi connectivity index (χ0v) is 32.7. The monoisotopic (exact) mass is 751 g/mol. The van der Waals surface area contributed by atoms with E-state index in [4.69, 9.17) is 4.74 Å². The normalized spacial score (nSPS) is 18.2. The van der Waals surface area contributed by atoms with Crippen LogP contribution < -0.4 is 4.90 Å². The molecule has 2 aliphatic rings. The first kappa shape index (κ1) is 37.4. The van der Waals surface area contributed by atoms with E-state index in [1.165, 1.54) is 27.3 Å². The van der Waals surface area contributed by atoms with Crippen molar-refractivity contribution in [1.82, 2.24) is 0 Å². The number of fused-ring (bicyclic) bond motifs is 9. The topological polar surface area (TPSA) is 69.8 Å². The lowest BCUT2D eigenvalue weighted by atomic mass is 9.74. The second kappa shape index (κ2) is 15.2. The minimum absolute atomic E-state index is 0.0104. The second-order valence-corrected chi connectivity index (χ2v) is 15.6. The predicted molar refractivity (Wildman–Crippen MR) is 234 cm³/mol. The second-order valence-electron chi connectivity index (χ2n) is 15.6. The van der Waals surface area contributed by atoms with Gasteiger partial charge in [-0.15, -0.1) is 6.58 Å². The number of carboxylic acid groups (broad SMARTS) is 1. The van der Waals surface area contributed by atoms with Gasteiger partial charge in [0.2, 0.25) is 5.69 Å².